The first-order chi connectivity index (χ1) is 10.7. The highest BCUT2D eigenvalue weighted by Crippen LogP contribution is 2.23. The molecular formula is C15H21N5O2. The summed E-state index contributed by atoms with van der Waals surface area (Å²) in [5.41, 5.74) is 7.97. The van der Waals surface area contributed by atoms with Crippen molar-refractivity contribution in [1.29, 1.82) is 0 Å². The number of aromatic nitrogens is 3. The average Bonchev–Trinajstić information content (AvgIpc) is 2.93. The molecule has 3 N–H and O–H groups in total. The SMILES string of the molecule is Cc1ncc(CCOc2cc(N3CCOCC3)cc(N)n2)[nH]1. The van der Waals surface area contributed by atoms with Crippen LogP contribution in [0.4, 0.5) is 11.5 Å². The van der Waals surface area contributed by atoms with Crippen LogP contribution in [0, 0.1) is 6.92 Å². The molecule has 0 radical (unpaired) electrons. The first kappa shape index (κ1) is 14.6. The Labute approximate surface area is 129 Å². The summed E-state index contributed by atoms with van der Waals surface area (Å²) in [5.74, 6) is 1.93. The number of hydrogen-bond donors (Lipinski definition) is 2. The molecule has 0 unspecified atom stereocenters. The number of nitrogens with two attached hydrogens (primary N) is 1. The molecule has 3 rings (SSSR count). The van der Waals surface area contributed by atoms with Gasteiger partial charge in [0, 0.05) is 49.2 Å². The van der Waals surface area contributed by atoms with E-state index in [1.807, 2.05) is 25.3 Å². The Morgan fingerprint density at radius 2 is 2.18 bits per heavy atom. The van der Waals surface area contributed by atoms with Crippen molar-refractivity contribution in [2.45, 2.75) is 13.3 Å². The van der Waals surface area contributed by atoms with Crippen LogP contribution in [-0.2, 0) is 11.2 Å². The Hall–Kier alpha value is -2.28. The predicted octanol–water partition coefficient (Wildman–Crippen LogP) is 1.15. The van der Waals surface area contributed by atoms with Crippen molar-refractivity contribution in [3.8, 4) is 5.88 Å². The van der Waals surface area contributed by atoms with Crippen LogP contribution < -0.4 is 15.4 Å². The molecule has 0 aliphatic carbocycles. The Morgan fingerprint density at radius 3 is 2.91 bits per heavy atom. The third kappa shape index (κ3) is 3.67. The number of hydrogen-bond acceptors (Lipinski definition) is 6. The molecule has 0 amide bonds. The number of H-pyrrole nitrogens is 1. The van der Waals surface area contributed by atoms with Gasteiger partial charge in [0.1, 0.15) is 11.6 Å². The standard InChI is InChI=1S/C15H21N5O2/c1-11-17-10-12(18-11)2-5-22-15-9-13(8-14(16)19-15)20-3-6-21-7-4-20/h8-10H,2-7H2,1H3,(H2,16,19)(H,17,18). The Balaban J connectivity index is 1.61. The fraction of sp³-hybridized carbons (Fsp3) is 0.467. The minimum Gasteiger partial charge on any atom is -0.477 e. The summed E-state index contributed by atoms with van der Waals surface area (Å²) in [6, 6.07) is 3.80. The van der Waals surface area contributed by atoms with Gasteiger partial charge in [-0.25, -0.2) is 4.98 Å². The molecule has 0 spiro atoms. The normalized spacial score (nSPS) is 15.0. The number of nitrogens with zero attached hydrogens (tertiary/aromatic N) is 3. The zero-order chi connectivity index (χ0) is 15.4. The summed E-state index contributed by atoms with van der Waals surface area (Å²) in [4.78, 5) is 13.8. The van der Waals surface area contributed by atoms with Crippen LogP contribution in [0.1, 0.15) is 11.5 Å². The van der Waals surface area contributed by atoms with Crippen LogP contribution in [-0.4, -0.2) is 47.9 Å². The van der Waals surface area contributed by atoms with Gasteiger partial charge in [-0.2, -0.15) is 4.98 Å². The van der Waals surface area contributed by atoms with Gasteiger partial charge in [0.15, 0.2) is 0 Å². The highest BCUT2D eigenvalue weighted by Gasteiger charge is 2.13. The number of anilines is 2. The number of pyridine rings is 1. The van der Waals surface area contributed by atoms with E-state index >= 15 is 0 Å². The molecule has 22 heavy (non-hydrogen) atoms. The lowest BCUT2D eigenvalue weighted by Crippen LogP contribution is -2.36. The summed E-state index contributed by atoms with van der Waals surface area (Å²) in [6.07, 6.45) is 2.58. The van der Waals surface area contributed by atoms with Crippen LogP contribution in [0.25, 0.3) is 0 Å². The van der Waals surface area contributed by atoms with Crippen molar-refractivity contribution in [2.75, 3.05) is 43.5 Å². The highest BCUT2D eigenvalue weighted by molar-refractivity contribution is 5.55. The summed E-state index contributed by atoms with van der Waals surface area (Å²) in [5, 5.41) is 0. The number of nitrogens with one attached hydrogen (secondary N) is 1. The van der Waals surface area contributed by atoms with E-state index in [9.17, 15) is 0 Å². The number of morpholine rings is 1. The molecular weight excluding hydrogens is 282 g/mol. The third-order valence-corrected chi connectivity index (χ3v) is 3.56. The molecule has 1 aliphatic rings. The van der Waals surface area contributed by atoms with E-state index in [0.29, 0.717) is 18.3 Å². The van der Waals surface area contributed by atoms with Crippen molar-refractivity contribution in [3.63, 3.8) is 0 Å². The summed E-state index contributed by atoms with van der Waals surface area (Å²) < 4.78 is 11.1. The van der Waals surface area contributed by atoms with Crippen molar-refractivity contribution < 1.29 is 9.47 Å². The maximum Gasteiger partial charge on any atom is 0.217 e. The van der Waals surface area contributed by atoms with Crippen LogP contribution in [0.3, 0.4) is 0 Å². The van der Waals surface area contributed by atoms with E-state index in [-0.39, 0.29) is 0 Å². The molecule has 0 aromatic carbocycles. The monoisotopic (exact) mass is 303 g/mol. The Bertz CT molecular complexity index is 622. The molecule has 0 saturated carbocycles. The van der Waals surface area contributed by atoms with Gasteiger partial charge in [-0.3, -0.25) is 0 Å². The Morgan fingerprint density at radius 1 is 1.36 bits per heavy atom. The molecule has 3 heterocycles. The molecule has 7 nitrogen and oxygen atoms in total. The maximum atomic E-state index is 5.89. The van der Waals surface area contributed by atoms with E-state index in [2.05, 4.69) is 19.9 Å². The smallest absolute Gasteiger partial charge is 0.217 e. The van der Waals surface area contributed by atoms with Crippen LogP contribution >= 0.6 is 0 Å². The molecule has 7 heteroatoms. The first-order valence-electron chi connectivity index (χ1n) is 7.44. The second-order valence-electron chi connectivity index (χ2n) is 5.28. The summed E-state index contributed by atoms with van der Waals surface area (Å²) in [7, 11) is 0. The second kappa shape index (κ2) is 6.65. The largest absolute Gasteiger partial charge is 0.477 e. The molecule has 0 atom stereocenters. The van der Waals surface area contributed by atoms with Gasteiger partial charge < -0.3 is 25.1 Å². The van der Waals surface area contributed by atoms with Gasteiger partial charge in [0.2, 0.25) is 5.88 Å². The lowest BCUT2D eigenvalue weighted by molar-refractivity contribution is 0.122. The number of imidazole rings is 1. The van der Waals surface area contributed by atoms with Crippen molar-refractivity contribution in [2.24, 2.45) is 0 Å². The van der Waals surface area contributed by atoms with E-state index in [0.717, 1.165) is 49.9 Å². The fourth-order valence-electron chi connectivity index (χ4n) is 2.45. The number of aromatic amines is 1. The molecule has 2 aromatic rings. The topological polar surface area (TPSA) is 89.3 Å². The minimum atomic E-state index is 0.469. The van der Waals surface area contributed by atoms with Gasteiger partial charge in [0.25, 0.3) is 0 Å². The van der Waals surface area contributed by atoms with Crippen LogP contribution in [0.2, 0.25) is 0 Å². The second-order valence-corrected chi connectivity index (χ2v) is 5.28. The van der Waals surface area contributed by atoms with Crippen molar-refractivity contribution in [1.82, 2.24) is 15.0 Å². The van der Waals surface area contributed by atoms with Gasteiger partial charge >= 0.3 is 0 Å². The van der Waals surface area contributed by atoms with Gasteiger partial charge in [0.05, 0.1) is 19.8 Å². The predicted molar refractivity (Wildman–Crippen MR) is 84.2 cm³/mol. The van der Waals surface area contributed by atoms with Gasteiger partial charge in [-0.15, -0.1) is 0 Å². The Kier molecular flexibility index (Phi) is 4.43. The van der Waals surface area contributed by atoms with Gasteiger partial charge in [-0.1, -0.05) is 0 Å². The molecule has 1 aliphatic heterocycles. The zero-order valence-corrected chi connectivity index (χ0v) is 12.7. The lowest BCUT2D eigenvalue weighted by atomic mass is 10.3. The van der Waals surface area contributed by atoms with E-state index < -0.39 is 0 Å². The number of nitrogen functional groups attached to an aromatic ring is 1. The minimum absolute atomic E-state index is 0.469. The highest BCUT2D eigenvalue weighted by atomic mass is 16.5. The number of rotatable bonds is 5. The average molecular weight is 303 g/mol. The molecule has 2 aromatic heterocycles. The quantitative estimate of drug-likeness (QED) is 0.861. The van der Waals surface area contributed by atoms with E-state index in [1.54, 1.807) is 0 Å². The third-order valence-electron chi connectivity index (χ3n) is 3.56. The number of ether oxygens (including phenoxy) is 2. The lowest BCUT2D eigenvalue weighted by Gasteiger charge is -2.29. The van der Waals surface area contributed by atoms with Crippen LogP contribution in [0.15, 0.2) is 18.3 Å². The molecule has 1 fully saturated rings. The maximum absolute atomic E-state index is 5.89. The van der Waals surface area contributed by atoms with E-state index in [4.69, 9.17) is 15.2 Å². The molecule has 118 valence electrons. The van der Waals surface area contributed by atoms with Crippen molar-refractivity contribution in [3.05, 3.63) is 29.8 Å². The van der Waals surface area contributed by atoms with Crippen molar-refractivity contribution >= 4 is 11.5 Å². The summed E-state index contributed by atoms with van der Waals surface area (Å²) in [6.45, 7) is 5.64. The molecule has 1 saturated heterocycles. The van der Waals surface area contributed by atoms with Gasteiger partial charge in [-0.05, 0) is 6.92 Å². The van der Waals surface area contributed by atoms with E-state index in [1.165, 1.54) is 0 Å². The molecule has 0 bridgehead atoms. The number of aryl methyl sites for hydroxylation is 1. The fourth-order valence-corrected chi connectivity index (χ4v) is 2.45. The summed E-state index contributed by atoms with van der Waals surface area (Å²) >= 11 is 0. The first-order valence-corrected chi connectivity index (χ1v) is 7.44. The van der Waals surface area contributed by atoms with Crippen LogP contribution in [0.5, 0.6) is 5.88 Å². The zero-order valence-electron chi connectivity index (χ0n) is 12.7.